The van der Waals surface area contributed by atoms with E-state index in [4.69, 9.17) is 14.2 Å². The summed E-state index contributed by atoms with van der Waals surface area (Å²) in [4.78, 5) is 12.5. The molecular formula is C22H25NO4. The average molecular weight is 367 g/mol. The number of amides is 1. The van der Waals surface area contributed by atoms with Crippen LogP contribution < -0.4 is 19.5 Å². The Morgan fingerprint density at radius 1 is 1.15 bits per heavy atom. The van der Waals surface area contributed by atoms with Gasteiger partial charge in [0, 0.05) is 13.0 Å². The summed E-state index contributed by atoms with van der Waals surface area (Å²) in [5.41, 5.74) is 2.36. The molecule has 2 aromatic rings. The molecule has 2 aliphatic rings. The van der Waals surface area contributed by atoms with Crippen molar-refractivity contribution >= 4 is 5.91 Å². The zero-order valence-electron chi connectivity index (χ0n) is 15.6. The minimum Gasteiger partial charge on any atom is -0.497 e. The van der Waals surface area contributed by atoms with Crippen molar-refractivity contribution in [3.05, 3.63) is 53.6 Å². The third-order valence-electron chi connectivity index (χ3n) is 5.31. The first-order chi connectivity index (χ1) is 13.2. The first kappa shape index (κ1) is 17.7. The van der Waals surface area contributed by atoms with Gasteiger partial charge in [0.15, 0.2) is 11.5 Å². The van der Waals surface area contributed by atoms with Gasteiger partial charge in [0.05, 0.1) is 7.11 Å². The van der Waals surface area contributed by atoms with Gasteiger partial charge < -0.3 is 19.5 Å². The fraction of sp³-hybridized carbons (Fsp3) is 0.409. The first-order valence-corrected chi connectivity index (χ1v) is 9.52. The Bertz CT molecular complexity index is 798. The Hall–Kier alpha value is -2.69. The first-order valence-electron chi connectivity index (χ1n) is 9.52. The van der Waals surface area contributed by atoms with E-state index in [0.29, 0.717) is 24.8 Å². The van der Waals surface area contributed by atoms with Crippen molar-refractivity contribution in [2.75, 3.05) is 20.4 Å². The number of carbonyl (C=O) groups excluding carboxylic acids is 1. The molecule has 5 heteroatoms. The van der Waals surface area contributed by atoms with Gasteiger partial charge in [-0.2, -0.15) is 0 Å². The minimum atomic E-state index is 0.114. The van der Waals surface area contributed by atoms with Crippen LogP contribution in [0.3, 0.4) is 0 Å². The van der Waals surface area contributed by atoms with Gasteiger partial charge >= 0.3 is 0 Å². The molecule has 5 nitrogen and oxygen atoms in total. The van der Waals surface area contributed by atoms with E-state index < -0.39 is 0 Å². The number of rotatable bonds is 8. The van der Waals surface area contributed by atoms with Crippen molar-refractivity contribution in [3.8, 4) is 17.2 Å². The molecule has 1 saturated carbocycles. The van der Waals surface area contributed by atoms with E-state index in [1.165, 1.54) is 18.4 Å². The van der Waals surface area contributed by atoms with Gasteiger partial charge in [0.2, 0.25) is 12.7 Å². The maximum absolute atomic E-state index is 12.5. The molecule has 1 atom stereocenters. The van der Waals surface area contributed by atoms with E-state index in [-0.39, 0.29) is 12.7 Å². The van der Waals surface area contributed by atoms with Gasteiger partial charge in [-0.25, -0.2) is 0 Å². The highest BCUT2D eigenvalue weighted by atomic mass is 16.7. The largest absolute Gasteiger partial charge is 0.497 e. The van der Waals surface area contributed by atoms with Gasteiger partial charge in [-0.1, -0.05) is 18.2 Å². The van der Waals surface area contributed by atoms with Crippen molar-refractivity contribution < 1.29 is 19.0 Å². The Morgan fingerprint density at radius 3 is 2.67 bits per heavy atom. The summed E-state index contributed by atoms with van der Waals surface area (Å²) in [5.74, 6) is 3.45. The van der Waals surface area contributed by atoms with Crippen molar-refractivity contribution in [1.82, 2.24) is 5.32 Å². The highest BCUT2D eigenvalue weighted by molar-refractivity contribution is 5.77. The molecule has 0 spiro atoms. The Balaban J connectivity index is 1.29. The maximum Gasteiger partial charge on any atom is 0.231 e. The predicted molar refractivity (Wildman–Crippen MR) is 102 cm³/mol. The fourth-order valence-electron chi connectivity index (χ4n) is 3.62. The number of methoxy groups -OCH3 is 1. The SMILES string of the molecule is COc1ccc(C(CC(=O)NCCc2ccc3c(c2)OCO3)C2CC2)cc1. The molecule has 1 amide bonds. The molecule has 1 aliphatic heterocycles. The molecule has 0 saturated heterocycles. The van der Waals surface area contributed by atoms with E-state index in [1.54, 1.807) is 7.11 Å². The normalized spacial score (nSPS) is 16.0. The van der Waals surface area contributed by atoms with Crippen molar-refractivity contribution in [1.29, 1.82) is 0 Å². The molecule has 1 aliphatic carbocycles. The summed E-state index contributed by atoms with van der Waals surface area (Å²) in [6.07, 6.45) is 3.74. The lowest BCUT2D eigenvalue weighted by atomic mass is 9.90. The number of hydrogen-bond acceptors (Lipinski definition) is 4. The van der Waals surface area contributed by atoms with Crippen LogP contribution in [0.25, 0.3) is 0 Å². The third kappa shape index (κ3) is 4.35. The standard InChI is InChI=1S/C22H25NO4/c1-25-18-7-5-17(6-8-18)19(16-3-4-16)13-22(24)23-11-10-15-2-9-20-21(12-15)27-14-26-20/h2,5-9,12,16,19H,3-4,10-11,13-14H2,1H3,(H,23,24). The lowest BCUT2D eigenvalue weighted by Crippen LogP contribution is -2.27. The van der Waals surface area contributed by atoms with E-state index in [2.05, 4.69) is 17.4 Å². The van der Waals surface area contributed by atoms with Crippen LogP contribution >= 0.6 is 0 Å². The molecule has 1 unspecified atom stereocenters. The summed E-state index contributed by atoms with van der Waals surface area (Å²) < 4.78 is 16.0. The Morgan fingerprint density at radius 2 is 1.93 bits per heavy atom. The maximum atomic E-state index is 12.5. The Labute approximate surface area is 159 Å². The number of benzene rings is 2. The molecule has 4 rings (SSSR count). The highest BCUT2D eigenvalue weighted by Crippen LogP contribution is 2.44. The van der Waals surface area contributed by atoms with E-state index in [1.807, 2.05) is 30.3 Å². The molecule has 27 heavy (non-hydrogen) atoms. The molecule has 142 valence electrons. The molecule has 0 bridgehead atoms. The predicted octanol–water partition coefficient (Wildman–Crippen LogP) is 3.67. The summed E-state index contributed by atoms with van der Waals surface area (Å²) >= 11 is 0. The second kappa shape index (κ2) is 7.91. The summed E-state index contributed by atoms with van der Waals surface area (Å²) in [6.45, 7) is 0.905. The van der Waals surface area contributed by atoms with Gasteiger partial charge in [-0.05, 0) is 66.5 Å². The Kier molecular flexibility index (Phi) is 5.19. The number of nitrogens with one attached hydrogen (secondary N) is 1. The van der Waals surface area contributed by atoms with Crippen LogP contribution in [0.5, 0.6) is 17.2 Å². The molecular weight excluding hydrogens is 342 g/mol. The number of carbonyl (C=O) groups is 1. The fourth-order valence-corrected chi connectivity index (χ4v) is 3.62. The van der Waals surface area contributed by atoms with Crippen LogP contribution in [0.15, 0.2) is 42.5 Å². The monoisotopic (exact) mass is 367 g/mol. The quantitative estimate of drug-likeness (QED) is 0.773. The van der Waals surface area contributed by atoms with Crippen molar-refractivity contribution in [2.24, 2.45) is 5.92 Å². The molecule has 1 fully saturated rings. The molecule has 1 N–H and O–H groups in total. The summed E-state index contributed by atoms with van der Waals surface area (Å²) in [5, 5.41) is 3.07. The average Bonchev–Trinajstić information content (AvgIpc) is 3.43. The van der Waals surface area contributed by atoms with E-state index in [0.717, 1.165) is 29.2 Å². The summed E-state index contributed by atoms with van der Waals surface area (Å²) in [7, 11) is 1.67. The second-order valence-corrected chi connectivity index (χ2v) is 7.21. The highest BCUT2D eigenvalue weighted by Gasteiger charge is 2.33. The van der Waals surface area contributed by atoms with Crippen molar-refractivity contribution in [2.45, 2.75) is 31.6 Å². The van der Waals surface area contributed by atoms with Gasteiger partial charge in [0.25, 0.3) is 0 Å². The lowest BCUT2D eigenvalue weighted by molar-refractivity contribution is -0.121. The molecule has 0 radical (unpaired) electrons. The van der Waals surface area contributed by atoms with Crippen LogP contribution in [-0.2, 0) is 11.2 Å². The van der Waals surface area contributed by atoms with Gasteiger partial charge in [-0.15, -0.1) is 0 Å². The smallest absolute Gasteiger partial charge is 0.231 e. The molecule has 2 aromatic carbocycles. The van der Waals surface area contributed by atoms with E-state index >= 15 is 0 Å². The van der Waals surface area contributed by atoms with Crippen LogP contribution in [0.1, 0.15) is 36.3 Å². The van der Waals surface area contributed by atoms with E-state index in [9.17, 15) is 4.79 Å². The van der Waals surface area contributed by atoms with Crippen LogP contribution in [0.4, 0.5) is 0 Å². The number of hydrogen-bond donors (Lipinski definition) is 1. The van der Waals surface area contributed by atoms with Crippen molar-refractivity contribution in [3.63, 3.8) is 0 Å². The lowest BCUT2D eigenvalue weighted by Gasteiger charge is -2.17. The number of ether oxygens (including phenoxy) is 3. The topological polar surface area (TPSA) is 56.8 Å². The molecule has 1 heterocycles. The van der Waals surface area contributed by atoms with Gasteiger partial charge in [-0.3, -0.25) is 4.79 Å². The van der Waals surface area contributed by atoms with Crippen LogP contribution in [0.2, 0.25) is 0 Å². The molecule has 0 aromatic heterocycles. The third-order valence-corrected chi connectivity index (χ3v) is 5.31. The second-order valence-electron chi connectivity index (χ2n) is 7.21. The minimum absolute atomic E-state index is 0.114. The zero-order chi connectivity index (χ0) is 18.6. The van der Waals surface area contributed by atoms with Crippen LogP contribution in [-0.4, -0.2) is 26.4 Å². The summed E-state index contributed by atoms with van der Waals surface area (Å²) in [6, 6.07) is 14.0. The van der Waals surface area contributed by atoms with Gasteiger partial charge in [0.1, 0.15) is 5.75 Å². The zero-order valence-corrected chi connectivity index (χ0v) is 15.6. The van der Waals surface area contributed by atoms with Crippen LogP contribution in [0, 0.1) is 5.92 Å². The number of fused-ring (bicyclic) bond motifs is 1.